The summed E-state index contributed by atoms with van der Waals surface area (Å²) in [6.45, 7) is 4.65. The van der Waals surface area contributed by atoms with Gasteiger partial charge in [-0.3, -0.25) is 14.6 Å². The zero-order chi connectivity index (χ0) is 27.6. The first-order chi connectivity index (χ1) is 18.0. The fraction of sp³-hybridized carbons (Fsp3) is 0.259. The summed E-state index contributed by atoms with van der Waals surface area (Å²) in [6, 6.07) is 13.8. The molecule has 0 aliphatic rings. The molecule has 3 aromatic heterocycles. The van der Waals surface area contributed by atoms with Gasteiger partial charge in [0.05, 0.1) is 22.3 Å². The molecule has 4 rings (SSSR count). The highest BCUT2D eigenvalue weighted by Gasteiger charge is 2.27. The average Bonchev–Trinajstić information content (AvgIpc) is 3.24. The Morgan fingerprint density at radius 2 is 1.89 bits per heavy atom. The number of fused-ring (bicyclic) bond motifs is 1. The van der Waals surface area contributed by atoms with E-state index in [1.807, 2.05) is 31.2 Å². The lowest BCUT2D eigenvalue weighted by molar-refractivity contribution is -0.130. The van der Waals surface area contributed by atoms with E-state index in [9.17, 15) is 22.8 Å². The summed E-state index contributed by atoms with van der Waals surface area (Å²) in [5.41, 5.74) is 0.244. The van der Waals surface area contributed by atoms with Gasteiger partial charge in [-0.05, 0) is 68.3 Å². The van der Waals surface area contributed by atoms with Gasteiger partial charge >= 0.3 is 0 Å². The van der Waals surface area contributed by atoms with Crippen molar-refractivity contribution in [1.29, 1.82) is 0 Å². The zero-order valence-electron chi connectivity index (χ0n) is 20.9. The van der Waals surface area contributed by atoms with Crippen molar-refractivity contribution in [3.63, 3.8) is 0 Å². The van der Waals surface area contributed by atoms with E-state index in [0.29, 0.717) is 17.1 Å². The normalized spacial score (nSPS) is 11.7. The van der Waals surface area contributed by atoms with Gasteiger partial charge in [0, 0.05) is 24.3 Å². The van der Waals surface area contributed by atoms with Crippen molar-refractivity contribution >= 4 is 40.3 Å². The highest BCUT2D eigenvalue weighted by atomic mass is 35.5. The van der Waals surface area contributed by atoms with E-state index in [4.69, 9.17) is 11.6 Å². The first-order valence-electron chi connectivity index (χ1n) is 11.8. The maximum atomic E-state index is 13.8. The zero-order valence-corrected chi connectivity index (χ0v) is 21.6. The number of carbonyl (C=O) groups is 2. The van der Waals surface area contributed by atoms with Crippen LogP contribution in [0, 0.1) is 0 Å². The monoisotopic (exact) mass is 543 g/mol. The van der Waals surface area contributed by atoms with Crippen LogP contribution in [0.4, 0.5) is 19.0 Å². The van der Waals surface area contributed by atoms with Crippen LogP contribution in [0.1, 0.15) is 48.8 Å². The minimum Gasteiger partial charge on any atom is -0.349 e. The summed E-state index contributed by atoms with van der Waals surface area (Å²) in [7, 11) is 0. The van der Waals surface area contributed by atoms with Crippen LogP contribution in [0.25, 0.3) is 22.3 Å². The number of nitrogens with one attached hydrogen (secondary N) is 2. The van der Waals surface area contributed by atoms with Crippen LogP contribution in [0.3, 0.4) is 0 Å². The summed E-state index contributed by atoms with van der Waals surface area (Å²) in [4.78, 5) is 33.0. The number of hydrogen-bond donors (Lipinski definition) is 2. The largest absolute Gasteiger partial charge is 0.349 e. The fourth-order valence-electron chi connectivity index (χ4n) is 3.98. The van der Waals surface area contributed by atoms with Crippen molar-refractivity contribution in [2.45, 2.75) is 46.0 Å². The third kappa shape index (κ3) is 5.80. The van der Waals surface area contributed by atoms with Gasteiger partial charge in [0.1, 0.15) is 11.5 Å². The first-order valence-corrected chi connectivity index (χ1v) is 12.2. The van der Waals surface area contributed by atoms with Crippen molar-refractivity contribution in [2.24, 2.45) is 0 Å². The van der Waals surface area contributed by atoms with Gasteiger partial charge in [0.15, 0.2) is 5.67 Å². The van der Waals surface area contributed by atoms with Gasteiger partial charge in [-0.1, -0.05) is 23.7 Å². The van der Waals surface area contributed by atoms with E-state index in [0.717, 1.165) is 36.8 Å². The molecule has 0 spiro atoms. The smallest absolute Gasteiger partial charge is 0.281 e. The van der Waals surface area contributed by atoms with Gasteiger partial charge in [-0.25, -0.2) is 18.2 Å². The maximum absolute atomic E-state index is 13.8. The van der Waals surface area contributed by atoms with Crippen molar-refractivity contribution in [1.82, 2.24) is 19.9 Å². The quantitative estimate of drug-likeness (QED) is 0.272. The molecule has 0 saturated carbocycles. The molecule has 11 heteroatoms. The van der Waals surface area contributed by atoms with Crippen LogP contribution in [-0.2, 0) is 17.9 Å². The second-order valence-electron chi connectivity index (χ2n) is 9.07. The van der Waals surface area contributed by atoms with Gasteiger partial charge in [-0.15, -0.1) is 0 Å². The van der Waals surface area contributed by atoms with E-state index in [-0.39, 0.29) is 23.5 Å². The second-order valence-corrected chi connectivity index (χ2v) is 9.51. The minimum absolute atomic E-state index is 0.159. The number of pyridine rings is 2. The lowest BCUT2D eigenvalue weighted by Gasteiger charge is -2.15. The van der Waals surface area contributed by atoms with Crippen LogP contribution < -0.4 is 10.6 Å². The molecule has 0 saturated heterocycles. The third-order valence-electron chi connectivity index (χ3n) is 5.86. The number of nitrogens with zero attached hydrogens (tertiary/aromatic N) is 3. The molecule has 198 valence electrons. The predicted molar refractivity (Wildman–Crippen MR) is 140 cm³/mol. The molecule has 4 aromatic rings. The number of halogens is 4. The number of alkyl halides is 3. The Balaban J connectivity index is 1.62. The number of anilines is 1. The summed E-state index contributed by atoms with van der Waals surface area (Å²) < 4.78 is 43.1. The standard InChI is InChI=1S/C27H25ClF3N5O2/c1-4-36-20-8-9-22(34-19(20)12-21(36)16-6-5-7-17(28)11-16)35-25(37)18-10-15(13-32-23(18)24(29)30)14-33-26(38)27(2,3)31/h5-13,24H,4,14H2,1-3H3,(H,33,38)(H,34,35,37). The van der Waals surface area contributed by atoms with E-state index in [1.165, 1.54) is 6.07 Å². The molecule has 0 bridgehead atoms. The van der Waals surface area contributed by atoms with Crippen molar-refractivity contribution in [3.8, 4) is 11.3 Å². The van der Waals surface area contributed by atoms with Crippen molar-refractivity contribution in [3.05, 3.63) is 76.6 Å². The van der Waals surface area contributed by atoms with Crippen LogP contribution in [0.5, 0.6) is 0 Å². The molecule has 1 aromatic carbocycles. The Morgan fingerprint density at radius 3 is 2.55 bits per heavy atom. The maximum Gasteiger partial charge on any atom is 0.281 e. The molecular formula is C27H25ClF3N5O2. The third-order valence-corrected chi connectivity index (χ3v) is 6.09. The molecule has 0 fully saturated rings. The van der Waals surface area contributed by atoms with Crippen molar-refractivity contribution in [2.75, 3.05) is 5.32 Å². The topological polar surface area (TPSA) is 88.9 Å². The molecule has 0 radical (unpaired) electrons. The lowest BCUT2D eigenvalue weighted by atomic mass is 10.1. The number of rotatable bonds is 8. The minimum atomic E-state index is -3.02. The molecule has 7 nitrogen and oxygen atoms in total. The predicted octanol–water partition coefficient (Wildman–Crippen LogP) is 6.33. The molecule has 3 heterocycles. The van der Waals surface area contributed by atoms with Gasteiger partial charge in [0.2, 0.25) is 0 Å². The van der Waals surface area contributed by atoms with Gasteiger partial charge in [-0.2, -0.15) is 0 Å². The highest BCUT2D eigenvalue weighted by Crippen LogP contribution is 2.30. The van der Waals surface area contributed by atoms with Gasteiger partial charge < -0.3 is 15.2 Å². The number of aromatic nitrogens is 3. The Bertz CT molecular complexity index is 1510. The molecule has 2 amide bonds. The van der Waals surface area contributed by atoms with Crippen LogP contribution in [0.15, 0.2) is 54.7 Å². The number of benzene rings is 1. The Morgan fingerprint density at radius 1 is 1.13 bits per heavy atom. The van der Waals surface area contributed by atoms with E-state index >= 15 is 0 Å². The lowest BCUT2D eigenvalue weighted by Crippen LogP contribution is -2.38. The number of carbonyl (C=O) groups excluding carboxylic acids is 2. The Hall–Kier alpha value is -3.92. The Labute approximate surface area is 222 Å². The van der Waals surface area contributed by atoms with Crippen LogP contribution >= 0.6 is 11.6 Å². The fourth-order valence-corrected chi connectivity index (χ4v) is 4.17. The van der Waals surface area contributed by atoms with E-state index in [2.05, 4.69) is 25.2 Å². The number of amides is 2. The van der Waals surface area contributed by atoms with Gasteiger partial charge in [0.25, 0.3) is 18.2 Å². The molecule has 0 atom stereocenters. The van der Waals surface area contributed by atoms with Crippen LogP contribution in [-0.4, -0.2) is 32.0 Å². The molecule has 0 unspecified atom stereocenters. The molecular weight excluding hydrogens is 519 g/mol. The summed E-state index contributed by atoms with van der Waals surface area (Å²) in [5.74, 6) is -1.56. The molecule has 0 aliphatic heterocycles. The highest BCUT2D eigenvalue weighted by molar-refractivity contribution is 6.30. The van der Waals surface area contributed by atoms with E-state index in [1.54, 1.807) is 18.2 Å². The first kappa shape index (κ1) is 27.1. The van der Waals surface area contributed by atoms with Crippen molar-refractivity contribution < 1.29 is 22.8 Å². The number of hydrogen-bond acceptors (Lipinski definition) is 4. The number of aryl methyl sites for hydroxylation is 1. The Kier molecular flexibility index (Phi) is 7.73. The molecule has 0 aliphatic carbocycles. The SMILES string of the molecule is CCn1c(-c2cccc(Cl)c2)cc2nc(NC(=O)c3cc(CNC(=O)C(C)(C)F)cnc3C(F)F)ccc21. The average molecular weight is 544 g/mol. The second kappa shape index (κ2) is 10.8. The van der Waals surface area contributed by atoms with Crippen LogP contribution in [0.2, 0.25) is 5.02 Å². The molecule has 38 heavy (non-hydrogen) atoms. The summed E-state index contributed by atoms with van der Waals surface area (Å²) in [6.07, 6.45) is -1.91. The summed E-state index contributed by atoms with van der Waals surface area (Å²) in [5, 5.41) is 5.51. The summed E-state index contributed by atoms with van der Waals surface area (Å²) >= 11 is 6.16. The van der Waals surface area contributed by atoms with E-state index < -0.39 is 29.6 Å². The molecule has 2 N–H and O–H groups in total.